The number of nitrogens with zero attached hydrogens (tertiary/aromatic N) is 5. The number of aryl methyl sites for hydroxylation is 3. The highest BCUT2D eigenvalue weighted by atomic mass is 19.1. The maximum atomic E-state index is 13.3. The van der Waals surface area contributed by atoms with Crippen molar-refractivity contribution in [3.63, 3.8) is 0 Å². The number of hydrogen-bond acceptors (Lipinski definition) is 5. The molecule has 0 unspecified atom stereocenters. The molecule has 4 heterocycles. The number of rotatable bonds is 7. The molecule has 0 radical (unpaired) electrons. The molecule has 1 atom stereocenters. The molecule has 1 aliphatic heterocycles. The molecule has 7 heteroatoms. The average molecular weight is 542 g/mol. The minimum Gasteiger partial charge on any atom is -0.368 e. The third-order valence-electron chi connectivity index (χ3n) is 6.78. The van der Waals surface area contributed by atoms with Crippen LogP contribution in [0.5, 0.6) is 0 Å². The summed E-state index contributed by atoms with van der Waals surface area (Å²) < 4.78 is 15.1. The van der Waals surface area contributed by atoms with Gasteiger partial charge in [-0.1, -0.05) is 48.0 Å². The predicted octanol–water partition coefficient (Wildman–Crippen LogP) is 7.23. The number of halogens is 1. The Kier molecular flexibility index (Phi) is 16.2. The molecule has 0 aliphatic carbocycles. The van der Waals surface area contributed by atoms with E-state index in [0.717, 1.165) is 50.0 Å². The maximum absolute atomic E-state index is 13.3. The van der Waals surface area contributed by atoms with E-state index < -0.39 is 0 Å². The molecule has 218 valence electrons. The van der Waals surface area contributed by atoms with E-state index >= 15 is 0 Å². The van der Waals surface area contributed by atoms with Crippen molar-refractivity contribution < 1.29 is 9.18 Å². The van der Waals surface area contributed by atoms with E-state index in [0.29, 0.717) is 24.5 Å². The fourth-order valence-corrected chi connectivity index (χ4v) is 4.68. The van der Waals surface area contributed by atoms with Crippen molar-refractivity contribution in [1.82, 2.24) is 19.3 Å². The van der Waals surface area contributed by atoms with E-state index in [1.165, 1.54) is 36.0 Å². The third kappa shape index (κ3) is 10.4. The Labute approximate surface area is 236 Å². The molecule has 1 fully saturated rings. The van der Waals surface area contributed by atoms with Crippen molar-refractivity contribution in [3.8, 4) is 0 Å². The number of fused-ring (bicyclic) bond motifs is 1. The fourth-order valence-electron chi connectivity index (χ4n) is 4.68. The number of hydrogen-bond donors (Lipinski definition) is 0. The molecule has 4 rings (SSSR count). The summed E-state index contributed by atoms with van der Waals surface area (Å²) in [6.45, 7) is 23.4. The smallest absolute Gasteiger partial charge is 0.139 e. The van der Waals surface area contributed by atoms with Gasteiger partial charge in [0.1, 0.15) is 17.8 Å². The number of unbranched alkanes of at least 4 members (excludes halogenated alkanes) is 1. The lowest BCUT2D eigenvalue weighted by Crippen LogP contribution is -2.52. The summed E-state index contributed by atoms with van der Waals surface area (Å²) in [4.78, 5) is 23.2. The second-order valence-electron chi connectivity index (χ2n) is 9.67. The molecule has 0 aromatic carbocycles. The first-order chi connectivity index (χ1) is 18.8. The Morgan fingerprint density at radius 3 is 2.33 bits per heavy atom. The van der Waals surface area contributed by atoms with Gasteiger partial charge >= 0.3 is 0 Å². The number of piperazine rings is 1. The predicted molar refractivity (Wildman–Crippen MR) is 163 cm³/mol. The van der Waals surface area contributed by atoms with E-state index in [-0.39, 0.29) is 5.82 Å². The summed E-state index contributed by atoms with van der Waals surface area (Å²) in [5.74, 6) is -0.166. The average Bonchev–Trinajstić information content (AvgIpc) is 3.30. The van der Waals surface area contributed by atoms with Crippen LogP contribution in [-0.2, 0) is 17.6 Å². The largest absolute Gasteiger partial charge is 0.368 e. The van der Waals surface area contributed by atoms with Crippen LogP contribution in [0.2, 0.25) is 0 Å². The van der Waals surface area contributed by atoms with Gasteiger partial charge < -0.3 is 14.1 Å². The van der Waals surface area contributed by atoms with Gasteiger partial charge in [-0.2, -0.15) is 0 Å². The van der Waals surface area contributed by atoms with Crippen molar-refractivity contribution >= 4 is 17.6 Å². The van der Waals surface area contributed by atoms with Gasteiger partial charge in [0.2, 0.25) is 0 Å². The second-order valence-corrected chi connectivity index (χ2v) is 9.67. The Morgan fingerprint density at radius 1 is 1.08 bits per heavy atom. The molecule has 6 nitrogen and oxygen atoms in total. The van der Waals surface area contributed by atoms with Crippen LogP contribution in [-0.4, -0.2) is 57.8 Å². The van der Waals surface area contributed by atoms with Crippen LogP contribution >= 0.6 is 0 Å². The highest BCUT2D eigenvalue weighted by Crippen LogP contribution is 2.26. The molecule has 3 aromatic heterocycles. The highest BCUT2D eigenvalue weighted by Gasteiger charge is 2.24. The van der Waals surface area contributed by atoms with Crippen LogP contribution in [0.15, 0.2) is 30.7 Å². The Morgan fingerprint density at radius 2 is 1.79 bits per heavy atom. The third-order valence-corrected chi connectivity index (χ3v) is 6.78. The number of pyridine rings is 2. The molecule has 1 aliphatic rings. The lowest BCUT2D eigenvalue weighted by Gasteiger charge is -2.41. The summed E-state index contributed by atoms with van der Waals surface area (Å²) in [7, 11) is 0. The molecule has 0 bridgehead atoms. The lowest BCUT2D eigenvalue weighted by atomic mass is 10.0. The minimum absolute atomic E-state index is 0.166. The maximum Gasteiger partial charge on any atom is 0.139 e. The van der Waals surface area contributed by atoms with Crippen LogP contribution in [0.3, 0.4) is 0 Å². The van der Waals surface area contributed by atoms with Gasteiger partial charge in [0.05, 0.1) is 5.69 Å². The number of carbonyl (C=O) groups is 1. The number of anilines is 1. The first kappa shape index (κ1) is 34.2. The van der Waals surface area contributed by atoms with E-state index in [2.05, 4.69) is 53.5 Å². The van der Waals surface area contributed by atoms with Crippen molar-refractivity contribution in [2.24, 2.45) is 0 Å². The molecule has 0 spiro atoms. The van der Waals surface area contributed by atoms with Crippen LogP contribution in [0, 0.1) is 19.7 Å². The first-order valence-electron chi connectivity index (χ1n) is 14.8. The van der Waals surface area contributed by atoms with Crippen molar-refractivity contribution in [1.29, 1.82) is 0 Å². The monoisotopic (exact) mass is 541 g/mol. The zero-order valence-electron chi connectivity index (χ0n) is 25.9. The Hall–Kier alpha value is -2.80. The zero-order valence-corrected chi connectivity index (χ0v) is 25.9. The van der Waals surface area contributed by atoms with Crippen molar-refractivity contribution in [2.75, 3.05) is 31.1 Å². The number of aldehydes is 1. The summed E-state index contributed by atoms with van der Waals surface area (Å²) in [6, 6.07) is 4.32. The molecular formula is C32H52FN5O. The second kappa shape index (κ2) is 18.5. The van der Waals surface area contributed by atoms with Gasteiger partial charge in [-0.25, -0.2) is 9.37 Å². The number of likely N-dealkylation sites (N-methyl/N-ethyl adjacent to an activating group) is 1. The lowest BCUT2D eigenvalue weighted by molar-refractivity contribution is -0.107. The molecule has 0 N–H and O–H groups in total. The van der Waals surface area contributed by atoms with E-state index in [1.807, 2.05) is 51.4 Å². The van der Waals surface area contributed by atoms with Gasteiger partial charge in [0, 0.05) is 73.7 Å². The Balaban J connectivity index is 0.000000328. The first-order valence-corrected chi connectivity index (χ1v) is 14.8. The highest BCUT2D eigenvalue weighted by molar-refractivity contribution is 5.55. The van der Waals surface area contributed by atoms with Gasteiger partial charge in [-0.3, -0.25) is 9.88 Å². The molecule has 0 saturated carbocycles. The van der Waals surface area contributed by atoms with Gasteiger partial charge in [-0.05, 0) is 58.2 Å². The van der Waals surface area contributed by atoms with Gasteiger partial charge in [-0.15, -0.1) is 0 Å². The topological polar surface area (TPSA) is 53.7 Å². The van der Waals surface area contributed by atoms with Crippen LogP contribution < -0.4 is 4.90 Å². The van der Waals surface area contributed by atoms with Gasteiger partial charge in [0.25, 0.3) is 0 Å². The Bertz CT molecular complexity index is 1110. The van der Waals surface area contributed by atoms with E-state index in [1.54, 1.807) is 6.20 Å². The molecule has 1 saturated heterocycles. The molecule has 3 aromatic rings. The fraction of sp³-hybridized carbons (Fsp3) is 0.594. The SMILES string of the molecule is CC.CCCC=O.CCCc1c(N2CCN(CC)[C@@H](C)C2)ccnc1C.CCc1cn2cc(C)nc2cc1F. The number of carbonyl (C=O) groups excluding carboxylic acids is 1. The van der Waals surface area contributed by atoms with Crippen molar-refractivity contribution in [2.45, 2.75) is 100 Å². The van der Waals surface area contributed by atoms with Gasteiger partial charge in [0.15, 0.2) is 0 Å². The quantitative estimate of drug-likeness (QED) is 0.295. The van der Waals surface area contributed by atoms with E-state index in [4.69, 9.17) is 0 Å². The molecule has 0 amide bonds. The van der Waals surface area contributed by atoms with Crippen LogP contribution in [0.4, 0.5) is 10.1 Å². The van der Waals surface area contributed by atoms with Crippen LogP contribution in [0.25, 0.3) is 5.65 Å². The van der Waals surface area contributed by atoms with Crippen molar-refractivity contribution in [3.05, 3.63) is 59.1 Å². The molecular weight excluding hydrogens is 489 g/mol. The zero-order chi connectivity index (χ0) is 29.4. The summed E-state index contributed by atoms with van der Waals surface area (Å²) in [5.41, 5.74) is 6.37. The standard InChI is InChI=1S/C16H27N3.C10H11FN2.C4H8O.C2H6/c1-5-7-15-14(4)17-9-8-16(15)19-11-10-18(6-2)13(3)12-19;1-3-8-6-13-5-7(2)12-10(13)4-9(8)11;1-2-3-4-5;1-2/h8-9,13H,5-7,10-12H2,1-4H3;4-6H,3H2,1-2H3;4H,2-3H2,1H3;1-2H3/t13-;;;/m0.../s1. The van der Waals surface area contributed by atoms with Crippen LogP contribution in [0.1, 0.15) is 90.2 Å². The summed E-state index contributed by atoms with van der Waals surface area (Å²) in [5, 5.41) is 0. The molecule has 39 heavy (non-hydrogen) atoms. The summed E-state index contributed by atoms with van der Waals surface area (Å²) in [6.07, 6.45) is 11.3. The number of aromatic nitrogens is 3. The number of imidazole rings is 1. The summed E-state index contributed by atoms with van der Waals surface area (Å²) >= 11 is 0. The normalized spacial score (nSPS) is 14.9. The van der Waals surface area contributed by atoms with E-state index in [9.17, 15) is 9.18 Å². The minimum atomic E-state index is -0.166.